The molecule has 0 amide bonds. The van der Waals surface area contributed by atoms with E-state index in [4.69, 9.17) is 4.74 Å². The fraction of sp³-hybridized carbons (Fsp3) is 0.975. The van der Waals surface area contributed by atoms with Crippen LogP contribution in [0.5, 0.6) is 0 Å². The first-order valence-electron chi connectivity index (χ1n) is 19.9. The first-order chi connectivity index (χ1) is 20.7. The second kappa shape index (κ2) is 42.6. The molecule has 254 valence electrons. The number of hydrogen-bond donors (Lipinski definition) is 0. The third kappa shape index (κ3) is 43.9. The molecule has 0 aromatic carbocycles. The molecule has 0 aromatic rings. The minimum absolute atomic E-state index is 0.00172. The molecular weight excluding hydrogens is 512 g/mol. The van der Waals surface area contributed by atoms with Crippen LogP contribution in [0, 0.1) is 0 Å². The average molecular weight is 595 g/mol. The lowest BCUT2D eigenvalue weighted by Gasteiger charge is -2.04. The van der Waals surface area contributed by atoms with Crippen LogP contribution in [-0.2, 0) is 9.53 Å². The van der Waals surface area contributed by atoms with E-state index in [-0.39, 0.29) is 5.97 Å². The van der Waals surface area contributed by atoms with Crippen molar-refractivity contribution < 1.29 is 9.53 Å². The van der Waals surface area contributed by atoms with Gasteiger partial charge in [0.05, 0.1) is 6.61 Å². The third-order valence-corrected chi connectivity index (χ3v) is 8.70. The van der Waals surface area contributed by atoms with Crippen LogP contribution in [0.2, 0.25) is 0 Å². The summed E-state index contributed by atoms with van der Waals surface area (Å²) in [6.45, 7) is 9.59. The predicted molar refractivity (Wildman–Crippen MR) is 191 cm³/mol. The van der Waals surface area contributed by atoms with Crippen LogP contribution < -0.4 is 0 Å². The monoisotopic (exact) mass is 595 g/mol. The minimum atomic E-state index is -0.00172. The van der Waals surface area contributed by atoms with Gasteiger partial charge in [-0.25, -0.2) is 0 Å². The van der Waals surface area contributed by atoms with Crippen molar-refractivity contribution in [3.8, 4) is 0 Å². The van der Waals surface area contributed by atoms with Crippen molar-refractivity contribution in [2.24, 2.45) is 0 Å². The van der Waals surface area contributed by atoms with E-state index in [1.165, 1.54) is 193 Å². The first-order valence-corrected chi connectivity index (χ1v) is 19.9. The molecule has 0 atom stereocenters. The Hall–Kier alpha value is -0.530. The van der Waals surface area contributed by atoms with Gasteiger partial charge in [0, 0.05) is 6.42 Å². The molecule has 0 saturated carbocycles. The highest BCUT2D eigenvalue weighted by molar-refractivity contribution is 5.69. The van der Waals surface area contributed by atoms with Crippen molar-refractivity contribution in [1.29, 1.82) is 0 Å². The molecule has 2 heteroatoms. The maximum atomic E-state index is 11.4. The van der Waals surface area contributed by atoms with Gasteiger partial charge in [0.1, 0.15) is 0 Å². The zero-order valence-electron chi connectivity index (χ0n) is 30.1. The average Bonchev–Trinajstić information content (AvgIpc) is 3.00. The Labute approximate surface area is 267 Å². The quantitative estimate of drug-likeness (QED) is 0.0547. The molecule has 42 heavy (non-hydrogen) atoms. The summed E-state index contributed by atoms with van der Waals surface area (Å²) in [6, 6.07) is 0. The standard InChI is InChI=1S/C22H44O2.C18H38/c1-3-5-7-8-9-10-11-12-13-14-15-16-17-18-19-20-22(23)24-21-6-4-2;1-3-5-7-9-11-13-15-17-18-16-14-12-10-8-6-4-2/h3-21H2,1-2H3;3-18H2,1-2H3. The Morgan fingerprint density at radius 3 is 0.762 bits per heavy atom. The van der Waals surface area contributed by atoms with Crippen LogP contribution in [0.1, 0.15) is 246 Å². The Kier molecular flexibility index (Phi) is 44.2. The van der Waals surface area contributed by atoms with Gasteiger partial charge in [-0.05, 0) is 12.8 Å². The summed E-state index contributed by atoms with van der Waals surface area (Å²) in [4.78, 5) is 11.4. The molecular formula is C40H82O2. The summed E-state index contributed by atoms with van der Waals surface area (Å²) < 4.78 is 5.16. The van der Waals surface area contributed by atoms with Crippen LogP contribution >= 0.6 is 0 Å². The lowest BCUT2D eigenvalue weighted by molar-refractivity contribution is -0.143. The van der Waals surface area contributed by atoms with Crippen molar-refractivity contribution in [2.75, 3.05) is 6.61 Å². The van der Waals surface area contributed by atoms with Crippen LogP contribution in [0.25, 0.3) is 0 Å². The Morgan fingerprint density at radius 2 is 0.524 bits per heavy atom. The van der Waals surface area contributed by atoms with E-state index < -0.39 is 0 Å². The van der Waals surface area contributed by atoms with Crippen LogP contribution in [0.15, 0.2) is 0 Å². The minimum Gasteiger partial charge on any atom is -0.466 e. The number of esters is 1. The van der Waals surface area contributed by atoms with Crippen molar-refractivity contribution in [1.82, 2.24) is 0 Å². The highest BCUT2D eigenvalue weighted by atomic mass is 16.5. The highest BCUT2D eigenvalue weighted by Gasteiger charge is 2.02. The molecule has 0 aromatic heterocycles. The fourth-order valence-corrected chi connectivity index (χ4v) is 5.66. The Morgan fingerprint density at radius 1 is 0.310 bits per heavy atom. The Bertz CT molecular complexity index is 445. The predicted octanol–water partition coefficient (Wildman–Crippen LogP) is 14.9. The molecule has 0 aliphatic heterocycles. The molecule has 0 N–H and O–H groups in total. The van der Waals surface area contributed by atoms with E-state index in [9.17, 15) is 4.79 Å². The van der Waals surface area contributed by atoms with E-state index in [1.807, 2.05) is 0 Å². The maximum Gasteiger partial charge on any atom is 0.305 e. The van der Waals surface area contributed by atoms with E-state index >= 15 is 0 Å². The summed E-state index contributed by atoms with van der Waals surface area (Å²) in [6.07, 6.45) is 46.5. The molecule has 0 aliphatic rings. The number of carbonyl (C=O) groups excluding carboxylic acids is 1. The lowest BCUT2D eigenvalue weighted by atomic mass is 10.0. The van der Waals surface area contributed by atoms with Crippen LogP contribution in [-0.4, -0.2) is 12.6 Å². The number of unbranched alkanes of at least 4 members (excludes halogenated alkanes) is 30. The largest absolute Gasteiger partial charge is 0.466 e. The van der Waals surface area contributed by atoms with E-state index in [1.54, 1.807) is 0 Å². The van der Waals surface area contributed by atoms with Crippen molar-refractivity contribution in [2.45, 2.75) is 246 Å². The van der Waals surface area contributed by atoms with Crippen molar-refractivity contribution in [3.63, 3.8) is 0 Å². The molecule has 0 radical (unpaired) electrons. The normalized spacial score (nSPS) is 11.0. The van der Waals surface area contributed by atoms with Gasteiger partial charge in [-0.2, -0.15) is 0 Å². The SMILES string of the molecule is CCCCCCCCCCCCCCCCCC.CCCCCCCCCCCCCCCCCC(=O)OCCCC. The van der Waals surface area contributed by atoms with E-state index in [0.29, 0.717) is 13.0 Å². The Balaban J connectivity index is 0. The number of carbonyl (C=O) groups is 1. The summed E-state index contributed by atoms with van der Waals surface area (Å²) in [5.41, 5.74) is 0. The maximum absolute atomic E-state index is 11.4. The molecule has 0 saturated heterocycles. The third-order valence-electron chi connectivity index (χ3n) is 8.70. The zero-order chi connectivity index (χ0) is 31.0. The zero-order valence-corrected chi connectivity index (χ0v) is 30.1. The van der Waals surface area contributed by atoms with Gasteiger partial charge in [-0.1, -0.05) is 227 Å². The highest BCUT2D eigenvalue weighted by Crippen LogP contribution is 2.15. The van der Waals surface area contributed by atoms with Gasteiger partial charge in [0.2, 0.25) is 0 Å². The summed E-state index contributed by atoms with van der Waals surface area (Å²) in [5, 5.41) is 0. The number of rotatable bonds is 34. The molecule has 2 nitrogen and oxygen atoms in total. The fourth-order valence-electron chi connectivity index (χ4n) is 5.66. The van der Waals surface area contributed by atoms with E-state index in [2.05, 4.69) is 27.7 Å². The van der Waals surface area contributed by atoms with Crippen molar-refractivity contribution in [3.05, 3.63) is 0 Å². The van der Waals surface area contributed by atoms with Gasteiger partial charge >= 0.3 is 5.97 Å². The van der Waals surface area contributed by atoms with Crippen molar-refractivity contribution >= 4 is 5.97 Å². The van der Waals surface area contributed by atoms with Gasteiger partial charge < -0.3 is 4.74 Å². The molecule has 0 aliphatic carbocycles. The summed E-state index contributed by atoms with van der Waals surface area (Å²) >= 11 is 0. The van der Waals surface area contributed by atoms with Gasteiger partial charge in [0.15, 0.2) is 0 Å². The second-order valence-corrected chi connectivity index (χ2v) is 13.2. The second-order valence-electron chi connectivity index (χ2n) is 13.2. The number of ether oxygens (including phenoxy) is 1. The molecule has 0 unspecified atom stereocenters. The van der Waals surface area contributed by atoms with Crippen LogP contribution in [0.3, 0.4) is 0 Å². The molecule has 0 spiro atoms. The number of hydrogen-bond acceptors (Lipinski definition) is 2. The van der Waals surface area contributed by atoms with Gasteiger partial charge in [0.25, 0.3) is 0 Å². The van der Waals surface area contributed by atoms with Gasteiger partial charge in [-0.15, -0.1) is 0 Å². The molecule has 0 rings (SSSR count). The lowest BCUT2D eigenvalue weighted by Crippen LogP contribution is -2.05. The summed E-state index contributed by atoms with van der Waals surface area (Å²) in [7, 11) is 0. The molecule has 0 heterocycles. The first kappa shape index (κ1) is 43.6. The smallest absolute Gasteiger partial charge is 0.305 e. The molecule has 0 bridgehead atoms. The molecule has 0 fully saturated rings. The summed E-state index contributed by atoms with van der Waals surface area (Å²) in [5.74, 6) is -0.00172. The van der Waals surface area contributed by atoms with E-state index in [0.717, 1.165) is 19.3 Å². The van der Waals surface area contributed by atoms with Gasteiger partial charge in [-0.3, -0.25) is 4.79 Å². The van der Waals surface area contributed by atoms with Crippen LogP contribution in [0.4, 0.5) is 0 Å². The topological polar surface area (TPSA) is 26.3 Å².